The molecule has 2 atom stereocenters. The number of sulfonamides is 1. The molecule has 3 aromatic carbocycles. The van der Waals surface area contributed by atoms with E-state index in [-0.39, 0.29) is 39.2 Å². The third-order valence-electron chi connectivity index (χ3n) is 5.87. The van der Waals surface area contributed by atoms with Crippen LogP contribution in [0, 0.1) is 5.92 Å². The first kappa shape index (κ1) is 20.3. The summed E-state index contributed by atoms with van der Waals surface area (Å²) in [5.41, 5.74) is 4.01. The van der Waals surface area contributed by atoms with Crippen LogP contribution in [0.25, 0.3) is 0 Å². The van der Waals surface area contributed by atoms with E-state index < -0.39 is 21.7 Å². The molecule has 8 heteroatoms. The second kappa shape index (κ2) is 7.51. The number of rotatable bonds is 5. The van der Waals surface area contributed by atoms with E-state index in [4.69, 9.17) is 0 Å². The van der Waals surface area contributed by atoms with Crippen LogP contribution in [0.1, 0.15) is 49.7 Å². The first-order chi connectivity index (χ1) is 15.4. The lowest BCUT2D eigenvalue weighted by Crippen LogP contribution is -2.42. The van der Waals surface area contributed by atoms with E-state index in [2.05, 4.69) is 10.3 Å². The smallest absolute Gasteiger partial charge is 0.257 e. The van der Waals surface area contributed by atoms with Gasteiger partial charge in [-0.2, -0.15) is 0 Å². The summed E-state index contributed by atoms with van der Waals surface area (Å²) in [5.74, 6) is -1.41. The SMILES string of the molecule is O=C1c2ccccc2C(=O)c2cc(S(=O)(=O)NNC(=O)[C@H]3C[C@@H]3c3ccccc3)ccc21. The molecule has 0 aromatic heterocycles. The number of ketones is 2. The van der Waals surface area contributed by atoms with Gasteiger partial charge in [0.1, 0.15) is 0 Å². The van der Waals surface area contributed by atoms with Gasteiger partial charge in [-0.1, -0.05) is 54.6 Å². The number of hydrogen-bond acceptors (Lipinski definition) is 5. The van der Waals surface area contributed by atoms with Gasteiger partial charge in [-0.3, -0.25) is 19.8 Å². The van der Waals surface area contributed by atoms with Gasteiger partial charge in [-0.05, 0) is 36.1 Å². The number of nitrogens with one attached hydrogen (secondary N) is 2. The molecule has 0 radical (unpaired) electrons. The Hall–Kier alpha value is -3.62. The van der Waals surface area contributed by atoms with Gasteiger partial charge in [0.2, 0.25) is 5.91 Å². The van der Waals surface area contributed by atoms with E-state index in [1.54, 1.807) is 18.2 Å². The Morgan fingerprint density at radius 2 is 1.38 bits per heavy atom. The Kier molecular flexibility index (Phi) is 4.76. The van der Waals surface area contributed by atoms with Crippen LogP contribution in [-0.2, 0) is 14.8 Å². The standard InChI is InChI=1S/C24H18N2O5S/c27-22-16-8-4-5-9-17(16)23(28)20-12-15(10-11-18(20)22)32(30,31)26-25-24(29)21-13-19(21)14-6-2-1-3-7-14/h1-12,19,21,26H,13H2,(H,25,29)/t19-,21+/m1/s1. The van der Waals surface area contributed by atoms with Gasteiger partial charge in [0.05, 0.1) is 4.90 Å². The minimum Gasteiger partial charge on any atom is -0.289 e. The molecule has 0 aliphatic heterocycles. The molecule has 5 rings (SSSR count). The average molecular weight is 446 g/mol. The maximum atomic E-state index is 12.8. The van der Waals surface area contributed by atoms with Crippen LogP contribution < -0.4 is 10.3 Å². The Bertz CT molecular complexity index is 1380. The zero-order chi connectivity index (χ0) is 22.5. The normalized spacial score (nSPS) is 19.1. The summed E-state index contributed by atoms with van der Waals surface area (Å²) in [6, 6.07) is 19.7. The van der Waals surface area contributed by atoms with Crippen LogP contribution in [0.3, 0.4) is 0 Å². The quantitative estimate of drug-likeness (QED) is 0.458. The highest BCUT2D eigenvalue weighted by molar-refractivity contribution is 7.89. The maximum absolute atomic E-state index is 12.8. The molecule has 0 unspecified atom stereocenters. The molecule has 0 saturated heterocycles. The lowest BCUT2D eigenvalue weighted by Gasteiger charge is -2.18. The summed E-state index contributed by atoms with van der Waals surface area (Å²) in [7, 11) is -4.14. The summed E-state index contributed by atoms with van der Waals surface area (Å²) < 4.78 is 25.5. The minimum absolute atomic E-state index is 0.0224. The number of hydrogen-bond donors (Lipinski definition) is 2. The van der Waals surface area contributed by atoms with E-state index in [1.165, 1.54) is 24.3 Å². The Labute approximate surface area is 184 Å². The number of fused-ring (bicyclic) bond motifs is 2. The van der Waals surface area contributed by atoms with E-state index in [1.807, 2.05) is 30.3 Å². The third kappa shape index (κ3) is 3.43. The number of amides is 1. The topological polar surface area (TPSA) is 109 Å². The van der Waals surface area contributed by atoms with Crippen LogP contribution in [-0.4, -0.2) is 25.9 Å². The van der Waals surface area contributed by atoms with Crippen LogP contribution in [0.4, 0.5) is 0 Å². The molecule has 2 N–H and O–H groups in total. The lowest BCUT2D eigenvalue weighted by molar-refractivity contribution is -0.122. The molecule has 2 aliphatic rings. The summed E-state index contributed by atoms with van der Waals surface area (Å²) in [6.45, 7) is 0. The molecule has 7 nitrogen and oxygen atoms in total. The van der Waals surface area contributed by atoms with Crippen molar-refractivity contribution in [2.24, 2.45) is 5.92 Å². The predicted molar refractivity (Wildman–Crippen MR) is 116 cm³/mol. The van der Waals surface area contributed by atoms with Crippen LogP contribution in [0.2, 0.25) is 0 Å². The molecule has 0 bridgehead atoms. The molecule has 2 aliphatic carbocycles. The van der Waals surface area contributed by atoms with Crippen molar-refractivity contribution >= 4 is 27.5 Å². The van der Waals surface area contributed by atoms with Gasteiger partial charge >= 0.3 is 0 Å². The molecule has 1 amide bonds. The summed E-state index contributed by atoms with van der Waals surface area (Å²) >= 11 is 0. The fraction of sp³-hybridized carbons (Fsp3) is 0.125. The first-order valence-corrected chi connectivity index (χ1v) is 11.5. The summed E-state index contributed by atoms with van der Waals surface area (Å²) in [5, 5.41) is 0. The van der Waals surface area contributed by atoms with Crippen molar-refractivity contribution in [1.82, 2.24) is 10.3 Å². The molecule has 32 heavy (non-hydrogen) atoms. The van der Waals surface area contributed by atoms with Gasteiger partial charge in [-0.25, -0.2) is 8.42 Å². The fourth-order valence-electron chi connectivity index (χ4n) is 4.07. The van der Waals surface area contributed by atoms with Gasteiger partial charge in [0.15, 0.2) is 11.6 Å². The van der Waals surface area contributed by atoms with Crippen molar-refractivity contribution in [3.63, 3.8) is 0 Å². The van der Waals surface area contributed by atoms with Gasteiger partial charge < -0.3 is 0 Å². The summed E-state index contributed by atoms with van der Waals surface area (Å²) in [4.78, 5) is 39.8. The van der Waals surface area contributed by atoms with E-state index in [0.29, 0.717) is 12.0 Å². The average Bonchev–Trinajstić information content (AvgIpc) is 3.62. The highest BCUT2D eigenvalue weighted by Gasteiger charge is 2.44. The van der Waals surface area contributed by atoms with Crippen molar-refractivity contribution < 1.29 is 22.8 Å². The van der Waals surface area contributed by atoms with Crippen molar-refractivity contribution in [3.8, 4) is 0 Å². The van der Waals surface area contributed by atoms with Crippen molar-refractivity contribution in [2.45, 2.75) is 17.2 Å². The molecule has 1 saturated carbocycles. The first-order valence-electron chi connectivity index (χ1n) is 10.1. The molecule has 160 valence electrons. The molecule has 1 fully saturated rings. The Morgan fingerprint density at radius 3 is 2.06 bits per heavy atom. The fourth-order valence-corrected chi connectivity index (χ4v) is 4.94. The number of carbonyl (C=O) groups excluding carboxylic acids is 3. The molecular weight excluding hydrogens is 428 g/mol. The van der Waals surface area contributed by atoms with E-state index in [9.17, 15) is 22.8 Å². The van der Waals surface area contributed by atoms with Crippen LogP contribution in [0.5, 0.6) is 0 Å². The third-order valence-corrected chi connectivity index (χ3v) is 7.12. The predicted octanol–water partition coefficient (Wildman–Crippen LogP) is 2.58. The number of carbonyl (C=O) groups is 3. The zero-order valence-electron chi connectivity index (χ0n) is 16.7. The van der Waals surface area contributed by atoms with Crippen molar-refractivity contribution in [1.29, 1.82) is 0 Å². The lowest BCUT2D eigenvalue weighted by atomic mass is 9.84. The Morgan fingerprint density at radius 1 is 0.781 bits per heavy atom. The second-order valence-electron chi connectivity index (χ2n) is 7.87. The van der Waals surface area contributed by atoms with Crippen molar-refractivity contribution in [2.75, 3.05) is 0 Å². The maximum Gasteiger partial charge on any atom is 0.257 e. The van der Waals surface area contributed by atoms with E-state index >= 15 is 0 Å². The van der Waals surface area contributed by atoms with Crippen LogP contribution in [0.15, 0.2) is 77.7 Å². The van der Waals surface area contributed by atoms with Gasteiger partial charge in [0.25, 0.3) is 10.0 Å². The summed E-state index contributed by atoms with van der Waals surface area (Å²) in [6.07, 6.45) is 0.645. The largest absolute Gasteiger partial charge is 0.289 e. The second-order valence-corrected chi connectivity index (χ2v) is 9.55. The van der Waals surface area contributed by atoms with Crippen molar-refractivity contribution in [3.05, 3.63) is 101 Å². The highest BCUT2D eigenvalue weighted by atomic mass is 32.2. The molecule has 3 aromatic rings. The number of benzene rings is 3. The molecule has 0 spiro atoms. The number of hydrazine groups is 1. The zero-order valence-corrected chi connectivity index (χ0v) is 17.6. The van der Waals surface area contributed by atoms with E-state index in [0.717, 1.165) is 5.56 Å². The van der Waals surface area contributed by atoms with Gasteiger partial charge in [0, 0.05) is 28.2 Å². The minimum atomic E-state index is -4.14. The highest BCUT2D eigenvalue weighted by Crippen LogP contribution is 2.47. The Balaban J connectivity index is 1.32. The monoisotopic (exact) mass is 446 g/mol. The molecular formula is C24H18N2O5S. The van der Waals surface area contributed by atoms with Crippen LogP contribution >= 0.6 is 0 Å². The molecule has 0 heterocycles. The van der Waals surface area contributed by atoms with Gasteiger partial charge in [-0.15, -0.1) is 4.83 Å².